The zero-order valence-corrected chi connectivity index (χ0v) is 11.9. The Labute approximate surface area is 122 Å². The summed E-state index contributed by atoms with van der Waals surface area (Å²) >= 11 is 0. The number of fused-ring (bicyclic) bond motifs is 2. The third kappa shape index (κ3) is 2.01. The monoisotopic (exact) mass is 279 g/mol. The Kier molecular flexibility index (Phi) is 2.60. The quantitative estimate of drug-likeness (QED) is 0.673. The van der Waals surface area contributed by atoms with Gasteiger partial charge in [-0.1, -0.05) is 6.07 Å². The Hall–Kier alpha value is -2.56. The molecule has 0 fully saturated rings. The van der Waals surface area contributed by atoms with E-state index in [0.717, 1.165) is 22.5 Å². The summed E-state index contributed by atoms with van der Waals surface area (Å²) in [4.78, 5) is 4.55. The Bertz CT molecular complexity index is 834. The second-order valence-electron chi connectivity index (χ2n) is 5.62. The van der Waals surface area contributed by atoms with Crippen molar-refractivity contribution in [2.75, 3.05) is 11.1 Å². The van der Waals surface area contributed by atoms with Crippen molar-refractivity contribution >= 4 is 28.4 Å². The van der Waals surface area contributed by atoms with E-state index in [1.807, 2.05) is 13.0 Å². The van der Waals surface area contributed by atoms with Gasteiger partial charge in [0.25, 0.3) is 0 Å². The number of rotatable bonds is 2. The van der Waals surface area contributed by atoms with E-state index < -0.39 is 0 Å². The number of pyridine rings is 1. The fraction of sp³-hybridized carbons (Fsp3) is 0.250. The van der Waals surface area contributed by atoms with Gasteiger partial charge in [-0.05, 0) is 61.1 Å². The standard InChI is InChI=1S/C16H17N5/c1-9-7-13-14(17)20-21-16(13)19-15(9)18-12-6-5-10-3-2-4-11(10)8-12/h5-8H,2-4H2,1H3,(H4,17,18,19,20,21). The molecule has 2 aromatic heterocycles. The first kappa shape index (κ1) is 12.2. The number of nitrogens with two attached hydrogens (primary N) is 1. The second kappa shape index (κ2) is 4.48. The smallest absolute Gasteiger partial charge is 0.185 e. The van der Waals surface area contributed by atoms with Crippen molar-refractivity contribution in [2.24, 2.45) is 0 Å². The minimum Gasteiger partial charge on any atom is -0.384 e. The van der Waals surface area contributed by atoms with Crippen molar-refractivity contribution < 1.29 is 0 Å². The molecule has 0 atom stereocenters. The molecule has 1 aliphatic carbocycles. The number of aromatic nitrogens is 3. The number of hydrogen-bond acceptors (Lipinski definition) is 4. The molecule has 0 saturated carbocycles. The molecule has 0 aliphatic heterocycles. The van der Waals surface area contributed by atoms with Gasteiger partial charge in [0.2, 0.25) is 0 Å². The summed E-state index contributed by atoms with van der Waals surface area (Å²) in [5, 5.41) is 11.1. The van der Waals surface area contributed by atoms with Crippen LogP contribution in [0.5, 0.6) is 0 Å². The van der Waals surface area contributed by atoms with Gasteiger partial charge in [-0.25, -0.2) is 4.98 Å². The van der Waals surface area contributed by atoms with Gasteiger partial charge in [-0.2, -0.15) is 5.10 Å². The van der Waals surface area contributed by atoms with E-state index in [-0.39, 0.29) is 0 Å². The summed E-state index contributed by atoms with van der Waals surface area (Å²) in [5.74, 6) is 1.39. The average Bonchev–Trinajstić information content (AvgIpc) is 3.07. The highest BCUT2D eigenvalue weighted by Gasteiger charge is 2.12. The largest absolute Gasteiger partial charge is 0.384 e. The molecule has 1 aliphatic rings. The van der Waals surface area contributed by atoms with Crippen LogP contribution in [0.15, 0.2) is 24.3 Å². The third-order valence-electron chi connectivity index (χ3n) is 4.13. The van der Waals surface area contributed by atoms with E-state index >= 15 is 0 Å². The van der Waals surface area contributed by atoms with Gasteiger partial charge in [-0.15, -0.1) is 0 Å². The predicted molar refractivity (Wildman–Crippen MR) is 84.8 cm³/mol. The topological polar surface area (TPSA) is 79.6 Å². The molecular formula is C16H17N5. The number of anilines is 3. The fourth-order valence-electron chi connectivity index (χ4n) is 2.97. The zero-order chi connectivity index (χ0) is 14.4. The normalized spacial score (nSPS) is 13.6. The Morgan fingerprint density at radius 1 is 1.19 bits per heavy atom. The minimum atomic E-state index is 0.560. The third-order valence-corrected chi connectivity index (χ3v) is 4.13. The van der Waals surface area contributed by atoms with E-state index in [0.29, 0.717) is 11.5 Å². The van der Waals surface area contributed by atoms with Crippen LogP contribution >= 0.6 is 0 Å². The van der Waals surface area contributed by atoms with E-state index in [9.17, 15) is 0 Å². The summed E-state index contributed by atoms with van der Waals surface area (Å²) in [5.41, 5.74) is 11.5. The summed E-state index contributed by atoms with van der Waals surface area (Å²) in [6.07, 6.45) is 3.63. The van der Waals surface area contributed by atoms with Crippen LogP contribution in [0.4, 0.5) is 17.3 Å². The van der Waals surface area contributed by atoms with Crippen molar-refractivity contribution in [1.82, 2.24) is 15.2 Å². The summed E-state index contributed by atoms with van der Waals surface area (Å²) in [7, 11) is 0. The number of nitrogen functional groups attached to an aromatic ring is 1. The first-order valence-electron chi connectivity index (χ1n) is 7.21. The Morgan fingerprint density at radius 2 is 2.05 bits per heavy atom. The van der Waals surface area contributed by atoms with Gasteiger partial charge >= 0.3 is 0 Å². The molecule has 0 saturated heterocycles. The number of H-pyrrole nitrogens is 1. The Morgan fingerprint density at radius 3 is 2.95 bits per heavy atom. The van der Waals surface area contributed by atoms with Crippen molar-refractivity contribution in [1.29, 1.82) is 0 Å². The number of nitrogens with one attached hydrogen (secondary N) is 2. The molecule has 3 aromatic rings. The lowest BCUT2D eigenvalue weighted by Gasteiger charge is -2.10. The van der Waals surface area contributed by atoms with Crippen molar-refractivity contribution in [3.63, 3.8) is 0 Å². The van der Waals surface area contributed by atoms with Gasteiger partial charge in [0.1, 0.15) is 11.6 Å². The first-order chi connectivity index (χ1) is 10.2. The lowest BCUT2D eigenvalue weighted by Crippen LogP contribution is -1.98. The molecule has 5 heteroatoms. The van der Waals surface area contributed by atoms with Crippen molar-refractivity contribution in [3.8, 4) is 0 Å². The molecule has 1 aromatic carbocycles. The van der Waals surface area contributed by atoms with Gasteiger partial charge in [0.15, 0.2) is 5.65 Å². The first-order valence-corrected chi connectivity index (χ1v) is 7.21. The molecule has 0 bridgehead atoms. The fourth-order valence-corrected chi connectivity index (χ4v) is 2.97. The predicted octanol–water partition coefficient (Wildman–Crippen LogP) is 3.08. The van der Waals surface area contributed by atoms with Crippen LogP contribution in [0, 0.1) is 6.92 Å². The summed E-state index contributed by atoms with van der Waals surface area (Å²) in [6.45, 7) is 2.02. The van der Waals surface area contributed by atoms with E-state index in [4.69, 9.17) is 5.73 Å². The van der Waals surface area contributed by atoms with Crippen LogP contribution in [0.3, 0.4) is 0 Å². The lowest BCUT2D eigenvalue weighted by atomic mass is 10.1. The molecule has 21 heavy (non-hydrogen) atoms. The molecule has 106 valence electrons. The molecule has 0 unspecified atom stereocenters. The minimum absolute atomic E-state index is 0.560. The molecule has 0 amide bonds. The highest BCUT2D eigenvalue weighted by atomic mass is 15.2. The second-order valence-corrected chi connectivity index (χ2v) is 5.62. The van der Waals surface area contributed by atoms with E-state index in [2.05, 4.69) is 38.7 Å². The number of hydrogen-bond donors (Lipinski definition) is 3. The maximum absolute atomic E-state index is 5.83. The number of aryl methyl sites for hydroxylation is 3. The van der Waals surface area contributed by atoms with Crippen LogP contribution in [0.25, 0.3) is 11.0 Å². The molecule has 0 spiro atoms. The van der Waals surface area contributed by atoms with Crippen molar-refractivity contribution in [3.05, 3.63) is 41.0 Å². The number of aromatic amines is 1. The molecule has 5 nitrogen and oxygen atoms in total. The molecular weight excluding hydrogens is 262 g/mol. The number of benzene rings is 1. The SMILES string of the molecule is Cc1cc2c(N)[nH]nc2nc1Nc1ccc2c(c1)CCC2. The Balaban J connectivity index is 1.72. The van der Waals surface area contributed by atoms with Crippen LogP contribution in [-0.2, 0) is 12.8 Å². The van der Waals surface area contributed by atoms with Gasteiger partial charge in [0, 0.05) is 5.69 Å². The lowest BCUT2D eigenvalue weighted by molar-refractivity contribution is 0.912. The van der Waals surface area contributed by atoms with Crippen LogP contribution in [0.1, 0.15) is 23.1 Å². The van der Waals surface area contributed by atoms with Gasteiger partial charge < -0.3 is 11.1 Å². The molecule has 4 rings (SSSR count). The maximum atomic E-state index is 5.83. The van der Waals surface area contributed by atoms with E-state index in [1.54, 1.807) is 0 Å². The van der Waals surface area contributed by atoms with Crippen molar-refractivity contribution in [2.45, 2.75) is 26.2 Å². The molecule has 0 radical (unpaired) electrons. The zero-order valence-electron chi connectivity index (χ0n) is 11.9. The van der Waals surface area contributed by atoms with Crippen LogP contribution in [0.2, 0.25) is 0 Å². The van der Waals surface area contributed by atoms with Gasteiger partial charge in [-0.3, -0.25) is 5.10 Å². The highest BCUT2D eigenvalue weighted by Crippen LogP contribution is 2.28. The molecule has 4 N–H and O–H groups in total. The molecule has 2 heterocycles. The average molecular weight is 279 g/mol. The van der Waals surface area contributed by atoms with Gasteiger partial charge in [0.05, 0.1) is 5.39 Å². The van der Waals surface area contributed by atoms with Crippen LogP contribution in [-0.4, -0.2) is 15.2 Å². The summed E-state index contributed by atoms with van der Waals surface area (Å²) in [6, 6.07) is 8.57. The summed E-state index contributed by atoms with van der Waals surface area (Å²) < 4.78 is 0. The van der Waals surface area contributed by atoms with Crippen LogP contribution < -0.4 is 11.1 Å². The highest BCUT2D eigenvalue weighted by molar-refractivity contribution is 5.88. The maximum Gasteiger partial charge on any atom is 0.185 e. The number of nitrogens with zero attached hydrogens (tertiary/aromatic N) is 2. The van der Waals surface area contributed by atoms with E-state index in [1.165, 1.54) is 30.4 Å².